The van der Waals surface area contributed by atoms with E-state index in [1.807, 2.05) is 19.1 Å². The minimum Gasteiger partial charge on any atom is -0.464 e. The molecule has 0 saturated heterocycles. The van der Waals surface area contributed by atoms with Crippen molar-refractivity contribution in [2.24, 2.45) is 0 Å². The van der Waals surface area contributed by atoms with Gasteiger partial charge in [-0.1, -0.05) is 19.6 Å². The highest BCUT2D eigenvalue weighted by Crippen LogP contribution is 2.21. The molecule has 0 radical (unpaired) electrons. The molecule has 0 spiro atoms. The highest BCUT2D eigenvalue weighted by atomic mass is 28.3. The third kappa shape index (κ3) is 1.61. The predicted octanol–water partition coefficient (Wildman–Crippen LogP) is 3.43. The van der Waals surface area contributed by atoms with Gasteiger partial charge in [0.05, 0.1) is 14.3 Å². The van der Waals surface area contributed by atoms with Gasteiger partial charge in [-0.05, 0) is 24.6 Å². The summed E-state index contributed by atoms with van der Waals surface area (Å²) in [4.78, 5) is 0. The highest BCUT2D eigenvalue weighted by Gasteiger charge is 2.26. The van der Waals surface area contributed by atoms with E-state index in [9.17, 15) is 4.39 Å². The zero-order valence-corrected chi connectivity index (χ0v) is 10.5. The standard InChI is InChI=1S/C12H15FOSi/c1-8-7-9-5-6-14-11(9)12(10(8)13)15(2,3)4/h5-7H,1-4H3. The van der Waals surface area contributed by atoms with Gasteiger partial charge < -0.3 is 4.42 Å². The van der Waals surface area contributed by atoms with Gasteiger partial charge in [-0.15, -0.1) is 0 Å². The van der Waals surface area contributed by atoms with Gasteiger partial charge in [0, 0.05) is 10.6 Å². The van der Waals surface area contributed by atoms with Crippen LogP contribution in [0.25, 0.3) is 11.0 Å². The normalized spacial score (nSPS) is 12.3. The third-order valence-corrected chi connectivity index (χ3v) is 4.56. The summed E-state index contributed by atoms with van der Waals surface area (Å²) in [7, 11) is -1.71. The van der Waals surface area contributed by atoms with Crippen LogP contribution >= 0.6 is 0 Å². The van der Waals surface area contributed by atoms with Crippen LogP contribution in [-0.4, -0.2) is 8.07 Å². The van der Waals surface area contributed by atoms with E-state index in [0.29, 0.717) is 5.56 Å². The van der Waals surface area contributed by atoms with Gasteiger partial charge in [0.25, 0.3) is 0 Å². The molecule has 0 fully saturated rings. The van der Waals surface area contributed by atoms with Gasteiger partial charge in [0.2, 0.25) is 0 Å². The van der Waals surface area contributed by atoms with Crippen LogP contribution < -0.4 is 5.19 Å². The third-order valence-electron chi connectivity index (χ3n) is 2.61. The first kappa shape index (κ1) is 10.4. The van der Waals surface area contributed by atoms with Crippen molar-refractivity contribution in [3.05, 3.63) is 29.8 Å². The molecule has 2 rings (SSSR count). The van der Waals surface area contributed by atoms with Crippen LogP contribution in [0.3, 0.4) is 0 Å². The van der Waals surface area contributed by atoms with Crippen LogP contribution in [0.1, 0.15) is 5.56 Å². The van der Waals surface area contributed by atoms with Crippen LogP contribution in [0.5, 0.6) is 0 Å². The highest BCUT2D eigenvalue weighted by molar-refractivity contribution is 6.90. The number of aryl methyl sites for hydroxylation is 1. The Kier molecular flexibility index (Phi) is 2.23. The predicted molar refractivity (Wildman–Crippen MR) is 63.9 cm³/mol. The Morgan fingerprint density at radius 1 is 1.27 bits per heavy atom. The molecule has 0 unspecified atom stereocenters. The Morgan fingerprint density at radius 2 is 1.93 bits per heavy atom. The second-order valence-electron chi connectivity index (χ2n) is 4.97. The van der Waals surface area contributed by atoms with E-state index >= 15 is 0 Å². The van der Waals surface area contributed by atoms with Gasteiger partial charge in [-0.25, -0.2) is 4.39 Å². The smallest absolute Gasteiger partial charge is 0.135 e. The van der Waals surface area contributed by atoms with Crippen LogP contribution in [-0.2, 0) is 0 Å². The van der Waals surface area contributed by atoms with Crippen molar-refractivity contribution < 1.29 is 8.81 Å². The van der Waals surface area contributed by atoms with Crippen molar-refractivity contribution in [3.8, 4) is 0 Å². The molecule has 0 aliphatic carbocycles. The zero-order chi connectivity index (χ0) is 11.2. The fourth-order valence-electron chi connectivity index (χ4n) is 1.90. The maximum Gasteiger partial charge on any atom is 0.135 e. The van der Waals surface area contributed by atoms with E-state index in [0.717, 1.165) is 16.2 Å². The van der Waals surface area contributed by atoms with Crippen LogP contribution in [0.15, 0.2) is 22.8 Å². The van der Waals surface area contributed by atoms with Gasteiger partial charge in [-0.2, -0.15) is 0 Å². The number of benzene rings is 1. The fraction of sp³-hybridized carbons (Fsp3) is 0.333. The average Bonchev–Trinajstić information content (AvgIpc) is 2.50. The van der Waals surface area contributed by atoms with E-state index in [1.54, 1.807) is 6.26 Å². The lowest BCUT2D eigenvalue weighted by atomic mass is 10.2. The summed E-state index contributed by atoms with van der Waals surface area (Å²) in [6.07, 6.45) is 1.63. The average molecular weight is 222 g/mol. The van der Waals surface area contributed by atoms with Gasteiger partial charge >= 0.3 is 0 Å². The first-order valence-electron chi connectivity index (χ1n) is 5.08. The maximum absolute atomic E-state index is 14.1. The molecule has 1 aromatic heterocycles. The summed E-state index contributed by atoms with van der Waals surface area (Å²) in [5.41, 5.74) is 1.44. The van der Waals surface area contributed by atoms with Gasteiger partial charge in [-0.3, -0.25) is 0 Å². The SMILES string of the molecule is Cc1cc2ccoc2c([Si](C)(C)C)c1F. The Bertz CT molecular complexity index is 508. The lowest BCUT2D eigenvalue weighted by Gasteiger charge is -2.18. The molecule has 1 nitrogen and oxygen atoms in total. The molecule has 1 aromatic carbocycles. The number of rotatable bonds is 1. The molecule has 0 aliphatic heterocycles. The van der Waals surface area contributed by atoms with E-state index in [2.05, 4.69) is 19.6 Å². The number of furan rings is 1. The molecule has 0 saturated carbocycles. The van der Waals surface area contributed by atoms with E-state index < -0.39 is 8.07 Å². The molecule has 80 valence electrons. The maximum atomic E-state index is 14.1. The van der Waals surface area contributed by atoms with E-state index in [1.165, 1.54) is 0 Å². The summed E-state index contributed by atoms with van der Waals surface area (Å²) >= 11 is 0. The number of halogens is 1. The van der Waals surface area contributed by atoms with E-state index in [4.69, 9.17) is 4.42 Å². The Hall–Kier alpha value is -1.09. The lowest BCUT2D eigenvalue weighted by molar-refractivity contribution is 0.602. The fourth-order valence-corrected chi connectivity index (χ4v) is 3.64. The summed E-state index contributed by atoms with van der Waals surface area (Å²) in [5, 5.41) is 1.81. The number of hydrogen-bond donors (Lipinski definition) is 0. The summed E-state index contributed by atoms with van der Waals surface area (Å²) in [6, 6.07) is 3.74. The van der Waals surface area contributed by atoms with Crippen molar-refractivity contribution in [2.75, 3.05) is 0 Å². The molecule has 1 heterocycles. The molecule has 3 heteroatoms. The van der Waals surface area contributed by atoms with Crippen molar-refractivity contribution in [3.63, 3.8) is 0 Å². The number of fused-ring (bicyclic) bond motifs is 1. The molecule has 0 aliphatic rings. The summed E-state index contributed by atoms with van der Waals surface area (Å²) in [6.45, 7) is 8.21. The minimum atomic E-state index is -1.71. The summed E-state index contributed by atoms with van der Waals surface area (Å²) in [5.74, 6) is -0.0865. The van der Waals surface area contributed by atoms with Crippen molar-refractivity contribution >= 4 is 24.2 Å². The van der Waals surface area contributed by atoms with Crippen LogP contribution in [0.2, 0.25) is 19.6 Å². The van der Waals surface area contributed by atoms with Gasteiger partial charge in [0.1, 0.15) is 11.4 Å². The quantitative estimate of drug-likeness (QED) is 0.674. The molecule has 15 heavy (non-hydrogen) atoms. The first-order valence-corrected chi connectivity index (χ1v) is 8.58. The number of hydrogen-bond acceptors (Lipinski definition) is 1. The Morgan fingerprint density at radius 3 is 2.53 bits per heavy atom. The van der Waals surface area contributed by atoms with Gasteiger partial charge in [0.15, 0.2) is 0 Å². The molecule has 0 atom stereocenters. The molecule has 0 amide bonds. The monoisotopic (exact) mass is 222 g/mol. The Labute approximate surface area is 89.9 Å². The molecule has 0 N–H and O–H groups in total. The van der Waals surface area contributed by atoms with Crippen molar-refractivity contribution in [1.82, 2.24) is 0 Å². The van der Waals surface area contributed by atoms with Crippen molar-refractivity contribution in [2.45, 2.75) is 26.6 Å². The first-order chi connectivity index (χ1) is 6.91. The largest absolute Gasteiger partial charge is 0.464 e. The second-order valence-corrected chi connectivity index (χ2v) is 9.97. The van der Waals surface area contributed by atoms with Crippen LogP contribution in [0.4, 0.5) is 4.39 Å². The molecular weight excluding hydrogens is 207 g/mol. The van der Waals surface area contributed by atoms with Crippen molar-refractivity contribution in [1.29, 1.82) is 0 Å². The lowest BCUT2D eigenvalue weighted by Crippen LogP contribution is -2.40. The summed E-state index contributed by atoms with van der Waals surface area (Å²) < 4.78 is 19.5. The Balaban J connectivity index is 2.90. The van der Waals surface area contributed by atoms with Crippen LogP contribution in [0, 0.1) is 12.7 Å². The minimum absolute atomic E-state index is 0.0865. The molecule has 2 aromatic rings. The van der Waals surface area contributed by atoms with E-state index in [-0.39, 0.29) is 5.82 Å². The zero-order valence-electron chi connectivity index (χ0n) is 9.52. The topological polar surface area (TPSA) is 13.1 Å². The molecular formula is C12H15FOSi. The second kappa shape index (κ2) is 3.20. The molecule has 0 bridgehead atoms.